The van der Waals surface area contributed by atoms with E-state index < -0.39 is 10.0 Å². The minimum atomic E-state index is -3.66. The van der Waals surface area contributed by atoms with E-state index in [-0.39, 0.29) is 10.7 Å². The number of rotatable bonds is 5. The number of nitrogens with zero attached hydrogens (tertiary/aromatic N) is 2. The molecule has 0 spiro atoms. The van der Waals surface area contributed by atoms with E-state index in [2.05, 4.69) is 14.7 Å². The maximum absolute atomic E-state index is 12.2. The molecule has 0 radical (unpaired) electrons. The molecule has 0 aliphatic carbocycles. The molecule has 2 rings (SSSR count). The molecule has 0 aliphatic rings. The van der Waals surface area contributed by atoms with Gasteiger partial charge in [-0.25, -0.2) is 18.4 Å². The first-order valence-electron chi connectivity index (χ1n) is 6.21. The summed E-state index contributed by atoms with van der Waals surface area (Å²) in [7, 11) is -3.66. The zero-order valence-corrected chi connectivity index (χ0v) is 11.9. The highest BCUT2D eigenvalue weighted by Crippen LogP contribution is 2.15. The molecule has 0 atom stereocenters. The van der Waals surface area contributed by atoms with Crippen LogP contribution in [0, 0.1) is 0 Å². The Morgan fingerprint density at radius 2 is 1.90 bits per heavy atom. The topological polar surface area (TPSA) is 98.0 Å². The lowest BCUT2D eigenvalue weighted by Crippen LogP contribution is -2.14. The van der Waals surface area contributed by atoms with Gasteiger partial charge in [0.05, 0.1) is 4.90 Å². The first-order chi connectivity index (χ1) is 9.51. The van der Waals surface area contributed by atoms with Crippen molar-refractivity contribution in [3.05, 3.63) is 42.4 Å². The predicted octanol–water partition coefficient (Wildman–Crippen LogP) is 1.81. The van der Waals surface area contributed by atoms with Gasteiger partial charge in [-0.3, -0.25) is 4.72 Å². The summed E-state index contributed by atoms with van der Waals surface area (Å²) in [5, 5.41) is 0. The quantitative estimate of drug-likeness (QED) is 0.819. The number of nitrogens with two attached hydrogens (primary N) is 1. The summed E-state index contributed by atoms with van der Waals surface area (Å²) in [6.45, 7) is 2.01. The molecule has 1 aromatic heterocycles. The third-order valence-electron chi connectivity index (χ3n) is 2.61. The molecule has 20 heavy (non-hydrogen) atoms. The van der Waals surface area contributed by atoms with Gasteiger partial charge in [-0.05, 0) is 36.8 Å². The van der Waals surface area contributed by atoms with Crippen molar-refractivity contribution in [2.75, 3.05) is 10.5 Å². The number of sulfonamides is 1. The molecule has 0 fully saturated rings. The first kappa shape index (κ1) is 14.3. The summed E-state index contributed by atoms with van der Waals surface area (Å²) < 4.78 is 26.8. The zero-order chi connectivity index (χ0) is 14.6. The number of hydrogen-bond donors (Lipinski definition) is 2. The van der Waals surface area contributed by atoms with E-state index in [9.17, 15) is 8.42 Å². The fraction of sp³-hybridized carbons (Fsp3) is 0.231. The van der Waals surface area contributed by atoms with Crippen molar-refractivity contribution in [1.82, 2.24) is 9.97 Å². The van der Waals surface area contributed by atoms with Gasteiger partial charge in [-0.1, -0.05) is 6.92 Å². The largest absolute Gasteiger partial charge is 0.399 e. The minimum absolute atomic E-state index is 0.141. The molecule has 0 bridgehead atoms. The van der Waals surface area contributed by atoms with Gasteiger partial charge < -0.3 is 5.73 Å². The molecule has 7 heteroatoms. The standard InChI is InChI=1S/C13H16N4O2S/c1-2-3-12-15-9-8-13(16-12)17-20(18,19)11-6-4-10(14)5-7-11/h4-9H,2-3,14H2,1H3,(H,15,16,17). The van der Waals surface area contributed by atoms with Gasteiger partial charge in [0.25, 0.3) is 10.0 Å². The van der Waals surface area contributed by atoms with E-state index in [0.717, 1.165) is 6.42 Å². The Morgan fingerprint density at radius 3 is 2.55 bits per heavy atom. The molecule has 2 aromatic rings. The lowest BCUT2D eigenvalue weighted by atomic mass is 10.3. The molecule has 1 aromatic carbocycles. The monoisotopic (exact) mass is 292 g/mol. The molecule has 0 saturated heterocycles. The molecule has 1 heterocycles. The second kappa shape index (κ2) is 5.87. The van der Waals surface area contributed by atoms with Crippen LogP contribution in [-0.2, 0) is 16.4 Å². The Labute approximate surface area is 118 Å². The average molecular weight is 292 g/mol. The highest BCUT2D eigenvalue weighted by atomic mass is 32.2. The summed E-state index contributed by atoms with van der Waals surface area (Å²) in [5.41, 5.74) is 6.05. The van der Waals surface area contributed by atoms with Crippen LogP contribution in [0.5, 0.6) is 0 Å². The Morgan fingerprint density at radius 1 is 1.20 bits per heavy atom. The number of hydrogen-bond acceptors (Lipinski definition) is 5. The third-order valence-corrected chi connectivity index (χ3v) is 3.98. The van der Waals surface area contributed by atoms with Crippen molar-refractivity contribution in [1.29, 1.82) is 0 Å². The fourth-order valence-corrected chi connectivity index (χ4v) is 2.64. The van der Waals surface area contributed by atoms with Crippen LogP contribution in [0.1, 0.15) is 19.2 Å². The summed E-state index contributed by atoms with van der Waals surface area (Å²) in [6.07, 6.45) is 3.14. The highest BCUT2D eigenvalue weighted by molar-refractivity contribution is 7.92. The molecule has 3 N–H and O–H groups in total. The van der Waals surface area contributed by atoms with Crippen LogP contribution in [0.3, 0.4) is 0 Å². The number of benzene rings is 1. The average Bonchev–Trinajstić information content (AvgIpc) is 2.39. The van der Waals surface area contributed by atoms with Crippen molar-refractivity contribution < 1.29 is 8.42 Å². The van der Waals surface area contributed by atoms with Crippen LogP contribution < -0.4 is 10.5 Å². The summed E-state index contributed by atoms with van der Waals surface area (Å²) in [6, 6.07) is 7.50. The van der Waals surface area contributed by atoms with Crippen LogP contribution in [-0.4, -0.2) is 18.4 Å². The lowest BCUT2D eigenvalue weighted by molar-refractivity contribution is 0.601. The van der Waals surface area contributed by atoms with E-state index in [1.165, 1.54) is 30.3 Å². The van der Waals surface area contributed by atoms with Crippen molar-refractivity contribution in [2.24, 2.45) is 0 Å². The van der Waals surface area contributed by atoms with Crippen molar-refractivity contribution in [3.63, 3.8) is 0 Å². The molecule has 0 aliphatic heterocycles. The number of nitrogen functional groups attached to an aromatic ring is 1. The SMILES string of the molecule is CCCc1nccc(NS(=O)(=O)c2ccc(N)cc2)n1. The Bertz CT molecular complexity index is 684. The van der Waals surface area contributed by atoms with E-state index in [4.69, 9.17) is 5.73 Å². The second-order valence-electron chi connectivity index (χ2n) is 4.28. The van der Waals surface area contributed by atoms with Crippen LogP contribution in [0.25, 0.3) is 0 Å². The molecular formula is C13H16N4O2S. The third kappa shape index (κ3) is 3.45. The second-order valence-corrected chi connectivity index (χ2v) is 5.97. The number of nitrogens with one attached hydrogen (secondary N) is 1. The van der Waals surface area contributed by atoms with E-state index in [1.54, 1.807) is 6.20 Å². The lowest BCUT2D eigenvalue weighted by Gasteiger charge is -2.08. The molecule has 6 nitrogen and oxygen atoms in total. The van der Waals surface area contributed by atoms with Crippen molar-refractivity contribution in [3.8, 4) is 0 Å². The van der Waals surface area contributed by atoms with E-state index in [0.29, 0.717) is 17.9 Å². The van der Waals surface area contributed by atoms with Gasteiger partial charge >= 0.3 is 0 Å². The van der Waals surface area contributed by atoms with E-state index >= 15 is 0 Å². The smallest absolute Gasteiger partial charge is 0.263 e. The molecule has 0 unspecified atom stereocenters. The molecule has 0 saturated carbocycles. The number of aromatic nitrogens is 2. The number of aryl methyl sites for hydroxylation is 1. The Kier molecular flexibility index (Phi) is 4.19. The maximum Gasteiger partial charge on any atom is 0.263 e. The fourth-order valence-electron chi connectivity index (χ4n) is 1.64. The highest BCUT2D eigenvalue weighted by Gasteiger charge is 2.14. The van der Waals surface area contributed by atoms with E-state index in [1.807, 2.05) is 6.92 Å². The molecule has 106 valence electrons. The predicted molar refractivity (Wildman–Crippen MR) is 77.7 cm³/mol. The van der Waals surface area contributed by atoms with Crippen LogP contribution in [0.2, 0.25) is 0 Å². The van der Waals surface area contributed by atoms with Gasteiger partial charge in [0.1, 0.15) is 11.6 Å². The van der Waals surface area contributed by atoms with Crippen molar-refractivity contribution in [2.45, 2.75) is 24.7 Å². The molecule has 0 amide bonds. The number of anilines is 2. The van der Waals surface area contributed by atoms with Crippen LogP contribution in [0.4, 0.5) is 11.5 Å². The maximum atomic E-state index is 12.2. The van der Waals surface area contributed by atoms with Crippen molar-refractivity contribution >= 4 is 21.5 Å². The van der Waals surface area contributed by atoms with Crippen LogP contribution >= 0.6 is 0 Å². The summed E-state index contributed by atoms with van der Waals surface area (Å²) >= 11 is 0. The summed E-state index contributed by atoms with van der Waals surface area (Å²) in [4.78, 5) is 8.39. The van der Waals surface area contributed by atoms with Gasteiger partial charge in [0.2, 0.25) is 0 Å². The Hall–Kier alpha value is -2.15. The van der Waals surface area contributed by atoms with Gasteiger partial charge in [0, 0.05) is 18.3 Å². The van der Waals surface area contributed by atoms with Crippen LogP contribution in [0.15, 0.2) is 41.4 Å². The first-order valence-corrected chi connectivity index (χ1v) is 7.70. The van der Waals surface area contributed by atoms with Gasteiger partial charge in [0.15, 0.2) is 0 Å². The zero-order valence-electron chi connectivity index (χ0n) is 11.1. The normalized spacial score (nSPS) is 11.2. The minimum Gasteiger partial charge on any atom is -0.399 e. The van der Waals surface area contributed by atoms with Gasteiger partial charge in [-0.2, -0.15) is 0 Å². The Balaban J connectivity index is 2.24. The molecular weight excluding hydrogens is 276 g/mol. The summed E-state index contributed by atoms with van der Waals surface area (Å²) in [5.74, 6) is 0.880. The van der Waals surface area contributed by atoms with Gasteiger partial charge in [-0.15, -0.1) is 0 Å².